The van der Waals surface area contributed by atoms with Crippen LogP contribution in [0.3, 0.4) is 0 Å². The Morgan fingerprint density at radius 3 is 2.73 bits per heavy atom. The minimum absolute atomic E-state index is 0.263. The van der Waals surface area contributed by atoms with Gasteiger partial charge in [0.1, 0.15) is 10.6 Å². The van der Waals surface area contributed by atoms with E-state index in [0.717, 1.165) is 17.1 Å². The fraction of sp³-hybridized carbons (Fsp3) is 0.333. The standard InChI is InChI=1S/C15H15F2NO3S/c1-2-12-14(15(19)20)22-13(18-12)4-3-7-21-9-5-6-10(16)11(17)8-9/h5-6,8H,2-4,7H2,1H3,(H,19,20). The van der Waals surface area contributed by atoms with E-state index in [0.29, 0.717) is 31.6 Å². The van der Waals surface area contributed by atoms with Crippen molar-refractivity contribution in [3.05, 3.63) is 45.4 Å². The van der Waals surface area contributed by atoms with Crippen molar-refractivity contribution in [2.45, 2.75) is 26.2 Å². The third-order valence-electron chi connectivity index (χ3n) is 2.97. The molecule has 7 heteroatoms. The van der Waals surface area contributed by atoms with E-state index in [-0.39, 0.29) is 10.6 Å². The average molecular weight is 327 g/mol. The first-order valence-corrected chi connectivity index (χ1v) is 7.62. The predicted molar refractivity (Wildman–Crippen MR) is 78.6 cm³/mol. The predicted octanol–water partition coefficient (Wildman–Crippen LogP) is 3.69. The summed E-state index contributed by atoms with van der Waals surface area (Å²) in [6.07, 6.45) is 1.76. The second kappa shape index (κ2) is 7.31. The molecule has 0 atom stereocenters. The van der Waals surface area contributed by atoms with Crippen LogP contribution in [0.15, 0.2) is 18.2 Å². The van der Waals surface area contributed by atoms with Crippen molar-refractivity contribution < 1.29 is 23.4 Å². The monoisotopic (exact) mass is 327 g/mol. The molecular weight excluding hydrogens is 312 g/mol. The Labute approximate surface area is 130 Å². The summed E-state index contributed by atoms with van der Waals surface area (Å²) in [5.41, 5.74) is 0.592. The number of rotatable bonds is 7. The number of carboxylic acid groups (broad SMARTS) is 1. The highest BCUT2D eigenvalue weighted by molar-refractivity contribution is 7.13. The minimum Gasteiger partial charge on any atom is -0.493 e. The first-order valence-electron chi connectivity index (χ1n) is 6.81. The number of hydrogen-bond donors (Lipinski definition) is 1. The van der Waals surface area contributed by atoms with Gasteiger partial charge in [-0.2, -0.15) is 0 Å². The molecular formula is C15H15F2NO3S. The lowest BCUT2D eigenvalue weighted by molar-refractivity contribution is 0.0701. The van der Waals surface area contributed by atoms with Crippen LogP contribution in [0, 0.1) is 11.6 Å². The normalized spacial score (nSPS) is 10.7. The SMILES string of the molecule is CCc1nc(CCCOc2ccc(F)c(F)c2)sc1C(=O)O. The lowest BCUT2D eigenvalue weighted by atomic mass is 10.3. The average Bonchev–Trinajstić information content (AvgIpc) is 2.91. The van der Waals surface area contributed by atoms with Crippen molar-refractivity contribution >= 4 is 17.3 Å². The Balaban J connectivity index is 1.86. The Bertz CT molecular complexity index is 673. The van der Waals surface area contributed by atoms with Gasteiger partial charge in [-0.3, -0.25) is 0 Å². The molecule has 0 aliphatic heterocycles. The molecule has 118 valence electrons. The number of hydrogen-bond acceptors (Lipinski definition) is 4. The summed E-state index contributed by atoms with van der Waals surface area (Å²) in [6, 6.07) is 3.37. The van der Waals surface area contributed by atoms with Crippen molar-refractivity contribution in [2.24, 2.45) is 0 Å². The zero-order valence-corrected chi connectivity index (χ0v) is 12.8. The second-order valence-electron chi connectivity index (χ2n) is 4.57. The topological polar surface area (TPSA) is 59.4 Å². The van der Waals surface area contributed by atoms with Gasteiger partial charge >= 0.3 is 5.97 Å². The van der Waals surface area contributed by atoms with Crippen LogP contribution in [-0.2, 0) is 12.8 Å². The molecule has 1 N–H and O–H groups in total. The van der Waals surface area contributed by atoms with Crippen LogP contribution in [0.1, 0.15) is 33.7 Å². The second-order valence-corrected chi connectivity index (χ2v) is 5.65. The molecule has 0 spiro atoms. The van der Waals surface area contributed by atoms with Gasteiger partial charge in [-0.25, -0.2) is 18.6 Å². The summed E-state index contributed by atoms with van der Waals surface area (Å²) in [6.45, 7) is 2.17. The fourth-order valence-electron chi connectivity index (χ4n) is 1.89. The number of carbonyl (C=O) groups is 1. The van der Waals surface area contributed by atoms with Crippen LogP contribution < -0.4 is 4.74 Å². The van der Waals surface area contributed by atoms with Crippen LogP contribution in [0.5, 0.6) is 5.75 Å². The van der Waals surface area contributed by atoms with Gasteiger partial charge in [-0.15, -0.1) is 11.3 Å². The van der Waals surface area contributed by atoms with E-state index in [1.807, 2.05) is 6.92 Å². The van der Waals surface area contributed by atoms with Crippen molar-refractivity contribution in [2.75, 3.05) is 6.61 Å². The zero-order chi connectivity index (χ0) is 16.1. The third-order valence-corrected chi connectivity index (χ3v) is 4.11. The van der Waals surface area contributed by atoms with Crippen LogP contribution in [0.4, 0.5) is 8.78 Å². The quantitative estimate of drug-likeness (QED) is 0.788. The van der Waals surface area contributed by atoms with E-state index < -0.39 is 17.6 Å². The number of aromatic carboxylic acids is 1. The molecule has 1 aromatic heterocycles. The maximum atomic E-state index is 13.0. The molecule has 2 rings (SSSR count). The van der Waals surface area contributed by atoms with E-state index in [1.54, 1.807) is 0 Å². The first-order chi connectivity index (χ1) is 10.5. The largest absolute Gasteiger partial charge is 0.493 e. The van der Waals surface area contributed by atoms with Gasteiger partial charge in [0, 0.05) is 12.5 Å². The Morgan fingerprint density at radius 1 is 1.36 bits per heavy atom. The van der Waals surface area contributed by atoms with Gasteiger partial charge in [-0.1, -0.05) is 6.92 Å². The molecule has 1 aromatic carbocycles. The molecule has 2 aromatic rings. The molecule has 0 radical (unpaired) electrons. The summed E-state index contributed by atoms with van der Waals surface area (Å²) in [4.78, 5) is 15.6. The number of aromatic nitrogens is 1. The zero-order valence-electron chi connectivity index (χ0n) is 11.9. The van der Waals surface area contributed by atoms with Crippen LogP contribution in [-0.4, -0.2) is 22.7 Å². The minimum atomic E-state index is -0.960. The molecule has 0 fully saturated rings. The summed E-state index contributed by atoms with van der Waals surface area (Å²) >= 11 is 1.17. The summed E-state index contributed by atoms with van der Waals surface area (Å²) in [7, 11) is 0. The number of thiazole rings is 1. The van der Waals surface area contributed by atoms with E-state index in [9.17, 15) is 13.6 Å². The molecule has 0 amide bonds. The van der Waals surface area contributed by atoms with Gasteiger partial charge in [0.15, 0.2) is 11.6 Å². The fourth-order valence-corrected chi connectivity index (χ4v) is 2.93. The van der Waals surface area contributed by atoms with Crippen molar-refractivity contribution in [3.63, 3.8) is 0 Å². The molecule has 0 saturated heterocycles. The lowest BCUT2D eigenvalue weighted by Gasteiger charge is -2.05. The number of nitrogens with zero attached hydrogens (tertiary/aromatic N) is 1. The number of aryl methyl sites for hydroxylation is 2. The third kappa shape index (κ3) is 4.00. The van der Waals surface area contributed by atoms with E-state index >= 15 is 0 Å². The highest BCUT2D eigenvalue weighted by Gasteiger charge is 2.15. The maximum absolute atomic E-state index is 13.0. The van der Waals surface area contributed by atoms with Gasteiger partial charge < -0.3 is 9.84 Å². The summed E-state index contributed by atoms with van der Waals surface area (Å²) in [5, 5.41) is 9.80. The molecule has 4 nitrogen and oxygen atoms in total. The van der Waals surface area contributed by atoms with E-state index in [2.05, 4.69) is 4.98 Å². The van der Waals surface area contributed by atoms with Gasteiger partial charge in [-0.05, 0) is 25.0 Å². The number of carboxylic acids is 1. The Kier molecular flexibility index (Phi) is 5.43. The van der Waals surface area contributed by atoms with Gasteiger partial charge in [0.25, 0.3) is 0 Å². The number of halogens is 2. The van der Waals surface area contributed by atoms with Crippen LogP contribution >= 0.6 is 11.3 Å². The van der Waals surface area contributed by atoms with Crippen molar-refractivity contribution in [1.82, 2.24) is 4.98 Å². The van der Waals surface area contributed by atoms with E-state index in [4.69, 9.17) is 9.84 Å². The first kappa shape index (κ1) is 16.4. The van der Waals surface area contributed by atoms with E-state index in [1.165, 1.54) is 17.4 Å². The molecule has 0 aliphatic carbocycles. The molecule has 0 aliphatic rings. The highest BCUT2D eigenvalue weighted by atomic mass is 32.1. The number of benzene rings is 1. The number of ether oxygens (including phenoxy) is 1. The molecule has 0 unspecified atom stereocenters. The lowest BCUT2D eigenvalue weighted by Crippen LogP contribution is -2.00. The molecule has 1 heterocycles. The van der Waals surface area contributed by atoms with Crippen LogP contribution in [0.25, 0.3) is 0 Å². The van der Waals surface area contributed by atoms with Crippen molar-refractivity contribution in [1.29, 1.82) is 0 Å². The Hall–Kier alpha value is -2.02. The molecule has 0 saturated carbocycles. The maximum Gasteiger partial charge on any atom is 0.347 e. The van der Waals surface area contributed by atoms with Gasteiger partial charge in [0.05, 0.1) is 17.3 Å². The smallest absolute Gasteiger partial charge is 0.347 e. The van der Waals surface area contributed by atoms with Gasteiger partial charge in [0.2, 0.25) is 0 Å². The molecule has 0 bridgehead atoms. The summed E-state index contributed by atoms with van der Waals surface area (Å²) < 4.78 is 31.1. The molecule has 22 heavy (non-hydrogen) atoms. The Morgan fingerprint density at radius 2 is 2.14 bits per heavy atom. The highest BCUT2D eigenvalue weighted by Crippen LogP contribution is 2.21. The van der Waals surface area contributed by atoms with Crippen molar-refractivity contribution in [3.8, 4) is 5.75 Å². The van der Waals surface area contributed by atoms with Crippen LogP contribution in [0.2, 0.25) is 0 Å². The summed E-state index contributed by atoms with van der Waals surface area (Å²) in [5.74, 6) is -2.56.